The number of hydrogen-bond donors (Lipinski definition) is 0. The predicted octanol–water partition coefficient (Wildman–Crippen LogP) is 27.3. The summed E-state index contributed by atoms with van der Waals surface area (Å²) >= 11 is 0. The third kappa shape index (κ3) is 11.1. The molecular weight excluding hydrogens is 1380 g/mol. The van der Waals surface area contributed by atoms with Crippen molar-refractivity contribution in [2.24, 2.45) is 0 Å². The summed E-state index contributed by atoms with van der Waals surface area (Å²) in [4.78, 5) is 4.77. The maximum absolute atomic E-state index is 10.5. The fourth-order valence-corrected chi connectivity index (χ4v) is 17.9. The molecule has 0 bridgehead atoms. The van der Waals surface area contributed by atoms with Crippen LogP contribution >= 0.6 is 0 Å². The molecule has 19 aromatic rings. The maximum Gasteiger partial charge on any atom is 0.252 e. The van der Waals surface area contributed by atoms with Crippen LogP contribution < -0.4 is 26.2 Å². The van der Waals surface area contributed by atoms with Crippen molar-refractivity contribution in [1.82, 2.24) is 13.7 Å². The van der Waals surface area contributed by atoms with Crippen LogP contribution in [0.5, 0.6) is 0 Å². The van der Waals surface area contributed by atoms with Gasteiger partial charge in [0.15, 0.2) is 0 Å². The zero-order valence-electron chi connectivity index (χ0n) is 76.9. The summed E-state index contributed by atoms with van der Waals surface area (Å²) in [6.45, 7) is 19.5. The van der Waals surface area contributed by atoms with Crippen LogP contribution in [0.4, 0.5) is 34.1 Å². The van der Waals surface area contributed by atoms with Crippen LogP contribution in [0.15, 0.2) is 358 Å². The molecule has 0 unspecified atom stereocenters. The number of rotatable bonds is 10. The molecule has 2 aliphatic rings. The van der Waals surface area contributed by atoms with E-state index < -0.39 is 66.5 Å². The van der Waals surface area contributed by atoms with Crippen molar-refractivity contribution < 1.29 is 16.4 Å². The van der Waals surface area contributed by atoms with Gasteiger partial charge in [-0.2, -0.15) is 0 Å². The Bertz CT molecular complexity index is 7590. The van der Waals surface area contributed by atoms with E-state index in [1.807, 2.05) is 89.5 Å². The lowest BCUT2D eigenvalue weighted by Gasteiger charge is -2.45. The molecule has 2 aliphatic heterocycles. The van der Waals surface area contributed by atoms with Crippen LogP contribution in [0.2, 0.25) is 0 Å². The molecule has 0 amide bonds. The van der Waals surface area contributed by atoms with Gasteiger partial charge in [0.25, 0.3) is 6.71 Å². The highest BCUT2D eigenvalue weighted by Crippen LogP contribution is 2.54. The minimum atomic E-state index is -0.673. The second-order valence-corrected chi connectivity index (χ2v) is 33.6. The number of fused-ring (bicyclic) bond motifs is 13. The first kappa shape index (κ1) is 56.7. The summed E-state index contributed by atoms with van der Waals surface area (Å²) in [5, 5.41) is 2.93. The highest BCUT2D eigenvalue weighted by atomic mass is 15.2. The average molecular weight is 1480 g/mol. The SMILES string of the molecule is [2H]c1c([2H])c([2H])c2c(c1[2H])c1cc(-n3c4ccccc4c4ccccc43)ccc1n2-c1cc2c3c(c1)N(c1c(-c4ccccc4)cc(C(C)(C)C)cc1-c1ccccc1)c1cc(-n4c5c([2H])c([2H])c([2H])c([2H])c5c5c([2H])c([2H])c([2H])c([2H])c54)ccc1B3c1ccc(-c3cc(C(C)(C)C)cc(C(C)(C)C)c3)cc1N2c1cc(-c2ccccc2)cc(-c2ccccc2)c1. The smallest absolute Gasteiger partial charge is 0.252 e. The van der Waals surface area contributed by atoms with Crippen molar-refractivity contribution in [3.63, 3.8) is 0 Å². The molecule has 0 saturated carbocycles. The van der Waals surface area contributed by atoms with E-state index in [-0.39, 0.29) is 56.3 Å². The molecular formula is C108H86BN5. The number of nitrogens with zero attached hydrogens (tertiary/aromatic N) is 5. The zero-order valence-corrected chi connectivity index (χ0v) is 64.9. The Morgan fingerprint density at radius 1 is 0.246 bits per heavy atom. The third-order valence-electron chi connectivity index (χ3n) is 23.6. The molecule has 0 fully saturated rings. The van der Waals surface area contributed by atoms with Gasteiger partial charge in [0.1, 0.15) is 0 Å². The van der Waals surface area contributed by atoms with Gasteiger partial charge in [0.2, 0.25) is 0 Å². The van der Waals surface area contributed by atoms with Gasteiger partial charge < -0.3 is 23.5 Å². The minimum Gasteiger partial charge on any atom is -0.311 e. The molecule has 0 N–H and O–H groups in total. The second kappa shape index (κ2) is 26.1. The lowest BCUT2D eigenvalue weighted by molar-refractivity contribution is 0.569. The molecule has 3 aromatic heterocycles. The Kier molecular flexibility index (Phi) is 13.0. The minimum absolute atomic E-state index is 0.0269. The molecule has 0 saturated heterocycles. The number of anilines is 6. The van der Waals surface area contributed by atoms with Gasteiger partial charge in [-0.3, -0.25) is 0 Å². The molecule has 0 aliphatic carbocycles. The summed E-state index contributed by atoms with van der Waals surface area (Å²) in [5.74, 6) is 0. The maximum atomic E-state index is 10.5. The molecule has 0 spiro atoms. The Morgan fingerprint density at radius 2 is 0.632 bits per heavy atom. The van der Waals surface area contributed by atoms with E-state index in [0.29, 0.717) is 39.0 Å². The summed E-state index contributed by atoms with van der Waals surface area (Å²) in [6, 6.07) is 95.2. The summed E-state index contributed by atoms with van der Waals surface area (Å²) in [7, 11) is 0. The first-order valence-electron chi connectivity index (χ1n) is 45.3. The van der Waals surface area contributed by atoms with Crippen molar-refractivity contribution in [2.45, 2.75) is 78.6 Å². The lowest BCUT2D eigenvalue weighted by atomic mass is 9.33. The van der Waals surface area contributed by atoms with Gasteiger partial charge in [-0.1, -0.05) is 311 Å². The molecule has 0 atom stereocenters. The summed E-state index contributed by atoms with van der Waals surface area (Å²) in [5.41, 5.74) is 23.4. The van der Waals surface area contributed by atoms with E-state index in [4.69, 9.17) is 0 Å². The fourth-order valence-electron chi connectivity index (χ4n) is 17.9. The van der Waals surface area contributed by atoms with Gasteiger partial charge in [0, 0.05) is 83.3 Å². The Hall–Kier alpha value is -13.4. The van der Waals surface area contributed by atoms with Crippen LogP contribution in [0, 0.1) is 0 Å². The zero-order chi connectivity index (χ0) is 87.5. The van der Waals surface area contributed by atoms with Gasteiger partial charge >= 0.3 is 0 Å². The van der Waals surface area contributed by atoms with Crippen LogP contribution in [0.3, 0.4) is 0 Å². The molecule has 6 heteroatoms. The topological polar surface area (TPSA) is 21.3 Å². The van der Waals surface area contributed by atoms with Crippen molar-refractivity contribution in [2.75, 3.05) is 9.80 Å². The quantitative estimate of drug-likeness (QED) is 0.127. The highest BCUT2D eigenvalue weighted by Gasteiger charge is 2.46. The van der Waals surface area contributed by atoms with Crippen LogP contribution in [0.25, 0.3) is 138 Å². The highest BCUT2D eigenvalue weighted by molar-refractivity contribution is 7.00. The Balaban J connectivity index is 0.983. The Morgan fingerprint density at radius 3 is 1.15 bits per heavy atom. The van der Waals surface area contributed by atoms with Crippen molar-refractivity contribution in [3.05, 3.63) is 374 Å². The summed E-state index contributed by atoms with van der Waals surface area (Å²) in [6.07, 6.45) is 0. The van der Waals surface area contributed by atoms with Crippen LogP contribution in [-0.4, -0.2) is 20.4 Å². The Labute approximate surface area is 684 Å². The molecule has 546 valence electrons. The van der Waals surface area contributed by atoms with Gasteiger partial charge in [-0.15, -0.1) is 0 Å². The normalized spacial score (nSPS) is 14.4. The first-order valence-corrected chi connectivity index (χ1v) is 39.3. The van der Waals surface area contributed by atoms with Gasteiger partial charge in [0.05, 0.1) is 60.9 Å². The third-order valence-corrected chi connectivity index (χ3v) is 23.6. The van der Waals surface area contributed by atoms with Crippen molar-refractivity contribution in [1.29, 1.82) is 0 Å². The fraction of sp³-hybridized carbons (Fsp3) is 0.111. The summed E-state index contributed by atoms with van der Waals surface area (Å²) < 4.78 is 123. The van der Waals surface area contributed by atoms with E-state index in [2.05, 4.69) is 277 Å². The number of para-hydroxylation sites is 5. The second-order valence-electron chi connectivity index (χ2n) is 33.6. The standard InChI is InChI=1S/C108H86BN5/c1-106(2,3)77-57-76(58-78(62-77)107(4,5)6)73-50-53-92-100(61-73)113(82-59-74(69-32-14-10-15-33-69)56-75(60-82)70-34-16-11-17-35-70)102-67-83(112-98-49-31-26-44-88(98)91-65-80(52-55-99(91)112)110-94-45-27-22-40-84(94)85-41-23-28-46-95(85)110)68-103-104(102)109(92)93-54-51-81(111-96-47-29-24-42-86(96)87-43-25-30-48-97(87)111)66-101(93)114(103)105-89(71-36-18-12-19-37-71)63-79(108(7,8)9)64-90(105)72-38-20-13-21-39-72/h10-68H,1-9H3/i24D,25D,26D,29D,30D,31D,42D,43D,44D,47D,48D,49D. The van der Waals surface area contributed by atoms with Crippen molar-refractivity contribution in [3.8, 4) is 72.7 Å². The molecule has 5 heterocycles. The van der Waals surface area contributed by atoms with E-state index >= 15 is 0 Å². The first-order chi connectivity index (χ1) is 60.4. The van der Waals surface area contributed by atoms with E-state index in [9.17, 15) is 16.4 Å². The molecule has 5 nitrogen and oxygen atoms in total. The molecule has 21 rings (SSSR count). The number of aromatic nitrogens is 3. The predicted molar refractivity (Wildman–Crippen MR) is 487 cm³/mol. The van der Waals surface area contributed by atoms with E-state index in [0.717, 1.165) is 128 Å². The van der Waals surface area contributed by atoms with Gasteiger partial charge in [-0.25, -0.2) is 0 Å². The van der Waals surface area contributed by atoms with Gasteiger partial charge in [-0.05, 0) is 203 Å². The number of hydrogen-bond acceptors (Lipinski definition) is 2. The largest absolute Gasteiger partial charge is 0.311 e. The lowest BCUT2D eigenvalue weighted by Crippen LogP contribution is -2.61. The average Bonchev–Trinajstić information content (AvgIpc) is 1.35. The van der Waals surface area contributed by atoms with Crippen LogP contribution in [-0.2, 0) is 16.2 Å². The molecule has 114 heavy (non-hydrogen) atoms. The number of benzene rings is 16. The molecule has 0 radical (unpaired) electrons. The van der Waals surface area contributed by atoms with Crippen molar-refractivity contribution >= 4 is 123 Å². The van der Waals surface area contributed by atoms with E-state index in [1.165, 1.54) is 11.1 Å². The van der Waals surface area contributed by atoms with E-state index in [1.54, 1.807) is 4.57 Å². The molecule has 16 aromatic carbocycles. The van der Waals surface area contributed by atoms with Crippen LogP contribution in [0.1, 0.15) is 95.5 Å². The monoisotopic (exact) mass is 1480 g/mol.